The highest BCUT2D eigenvalue weighted by atomic mass is 16.1. The Morgan fingerprint density at radius 2 is 1.95 bits per heavy atom. The molecular weight excluding hydrogens is 250 g/mol. The zero-order chi connectivity index (χ0) is 13.9. The second-order valence-corrected chi connectivity index (χ2v) is 4.74. The Labute approximate surface area is 116 Å². The number of amides is 1. The number of aryl methyl sites for hydroxylation is 2. The van der Waals surface area contributed by atoms with Gasteiger partial charge in [0.05, 0.1) is 17.4 Å². The number of imidazole rings is 1. The van der Waals surface area contributed by atoms with E-state index in [1.165, 1.54) is 5.56 Å². The molecule has 2 aromatic carbocycles. The number of hydrogen-bond donors (Lipinski definition) is 1. The fourth-order valence-corrected chi connectivity index (χ4v) is 2.29. The SMILES string of the molecule is NC(=O)c1ccc2c(c1)ncn2CCc1ccccc1. The Morgan fingerprint density at radius 3 is 2.70 bits per heavy atom. The summed E-state index contributed by atoms with van der Waals surface area (Å²) in [7, 11) is 0. The molecule has 0 fully saturated rings. The quantitative estimate of drug-likeness (QED) is 0.787. The zero-order valence-corrected chi connectivity index (χ0v) is 11.0. The topological polar surface area (TPSA) is 60.9 Å². The summed E-state index contributed by atoms with van der Waals surface area (Å²) in [5.74, 6) is -0.425. The number of aromatic nitrogens is 2. The van der Waals surface area contributed by atoms with Gasteiger partial charge < -0.3 is 10.3 Å². The van der Waals surface area contributed by atoms with Gasteiger partial charge in [0.25, 0.3) is 0 Å². The number of fused-ring (bicyclic) bond motifs is 1. The van der Waals surface area contributed by atoms with E-state index < -0.39 is 5.91 Å². The zero-order valence-electron chi connectivity index (χ0n) is 11.0. The van der Waals surface area contributed by atoms with Crippen LogP contribution in [0.1, 0.15) is 15.9 Å². The maximum Gasteiger partial charge on any atom is 0.248 e. The van der Waals surface area contributed by atoms with E-state index in [-0.39, 0.29) is 0 Å². The molecule has 100 valence electrons. The number of nitrogens with two attached hydrogens (primary N) is 1. The summed E-state index contributed by atoms with van der Waals surface area (Å²) in [6.45, 7) is 0.858. The van der Waals surface area contributed by atoms with Crippen molar-refractivity contribution in [1.82, 2.24) is 9.55 Å². The predicted molar refractivity (Wildman–Crippen MR) is 78.4 cm³/mol. The molecule has 4 heteroatoms. The Balaban J connectivity index is 1.84. The van der Waals surface area contributed by atoms with E-state index in [1.54, 1.807) is 18.5 Å². The van der Waals surface area contributed by atoms with Gasteiger partial charge in [-0.15, -0.1) is 0 Å². The van der Waals surface area contributed by atoms with Gasteiger partial charge in [0.15, 0.2) is 0 Å². The molecule has 3 rings (SSSR count). The molecule has 0 aliphatic rings. The lowest BCUT2D eigenvalue weighted by molar-refractivity contribution is 0.100. The first-order valence-electron chi connectivity index (χ1n) is 6.52. The number of primary amides is 1. The molecule has 0 saturated heterocycles. The van der Waals surface area contributed by atoms with Crippen LogP contribution in [0.25, 0.3) is 11.0 Å². The number of carbonyl (C=O) groups is 1. The lowest BCUT2D eigenvalue weighted by Crippen LogP contribution is -2.10. The number of benzene rings is 2. The van der Waals surface area contributed by atoms with Crippen LogP contribution in [0, 0.1) is 0 Å². The standard InChI is InChI=1S/C16H15N3O/c17-16(20)13-6-7-15-14(10-13)18-11-19(15)9-8-12-4-2-1-3-5-12/h1-7,10-11H,8-9H2,(H2,17,20). The summed E-state index contributed by atoms with van der Waals surface area (Å²) >= 11 is 0. The van der Waals surface area contributed by atoms with E-state index in [1.807, 2.05) is 24.3 Å². The molecule has 4 nitrogen and oxygen atoms in total. The van der Waals surface area contributed by atoms with Crippen LogP contribution in [-0.2, 0) is 13.0 Å². The van der Waals surface area contributed by atoms with Gasteiger partial charge in [-0.05, 0) is 30.2 Å². The molecule has 3 aromatic rings. The molecule has 0 bridgehead atoms. The molecule has 20 heavy (non-hydrogen) atoms. The molecule has 0 saturated carbocycles. The molecule has 0 radical (unpaired) electrons. The van der Waals surface area contributed by atoms with Crippen molar-refractivity contribution in [3.8, 4) is 0 Å². The van der Waals surface area contributed by atoms with Crippen LogP contribution in [-0.4, -0.2) is 15.5 Å². The average molecular weight is 265 g/mol. The molecular formula is C16H15N3O. The first-order chi connectivity index (χ1) is 9.74. The van der Waals surface area contributed by atoms with Crippen molar-refractivity contribution in [3.05, 3.63) is 66.0 Å². The van der Waals surface area contributed by atoms with Gasteiger partial charge in [-0.2, -0.15) is 0 Å². The minimum Gasteiger partial charge on any atom is -0.366 e. The number of nitrogens with zero attached hydrogens (tertiary/aromatic N) is 2. The van der Waals surface area contributed by atoms with E-state index in [2.05, 4.69) is 21.7 Å². The Bertz CT molecular complexity index is 747. The highest BCUT2D eigenvalue weighted by Gasteiger charge is 2.06. The molecule has 1 heterocycles. The van der Waals surface area contributed by atoms with E-state index in [0.29, 0.717) is 5.56 Å². The summed E-state index contributed by atoms with van der Waals surface area (Å²) in [5, 5.41) is 0. The van der Waals surface area contributed by atoms with Crippen LogP contribution < -0.4 is 5.73 Å². The lowest BCUT2D eigenvalue weighted by Gasteiger charge is -2.05. The third-order valence-corrected chi connectivity index (χ3v) is 3.39. The first kappa shape index (κ1) is 12.4. The Kier molecular flexibility index (Phi) is 3.21. The number of hydrogen-bond acceptors (Lipinski definition) is 2. The minimum atomic E-state index is -0.425. The van der Waals surface area contributed by atoms with Gasteiger partial charge >= 0.3 is 0 Å². The molecule has 0 atom stereocenters. The van der Waals surface area contributed by atoms with Crippen molar-refractivity contribution >= 4 is 16.9 Å². The number of carbonyl (C=O) groups excluding carboxylic acids is 1. The highest BCUT2D eigenvalue weighted by Crippen LogP contribution is 2.15. The van der Waals surface area contributed by atoms with Gasteiger partial charge in [-0.3, -0.25) is 4.79 Å². The van der Waals surface area contributed by atoms with Crippen molar-refractivity contribution in [3.63, 3.8) is 0 Å². The van der Waals surface area contributed by atoms with Crippen molar-refractivity contribution in [2.24, 2.45) is 5.73 Å². The molecule has 0 spiro atoms. The highest BCUT2D eigenvalue weighted by molar-refractivity contribution is 5.96. The fraction of sp³-hybridized carbons (Fsp3) is 0.125. The first-order valence-corrected chi connectivity index (χ1v) is 6.52. The Hall–Kier alpha value is -2.62. The fourth-order valence-electron chi connectivity index (χ4n) is 2.29. The van der Waals surface area contributed by atoms with Crippen LogP contribution in [0.2, 0.25) is 0 Å². The molecule has 0 aliphatic carbocycles. The molecule has 1 aromatic heterocycles. The third-order valence-electron chi connectivity index (χ3n) is 3.39. The number of rotatable bonds is 4. The average Bonchev–Trinajstić information content (AvgIpc) is 2.88. The van der Waals surface area contributed by atoms with E-state index >= 15 is 0 Å². The van der Waals surface area contributed by atoms with Crippen molar-refractivity contribution in [2.45, 2.75) is 13.0 Å². The van der Waals surface area contributed by atoms with Gasteiger partial charge in [0.1, 0.15) is 0 Å². The van der Waals surface area contributed by atoms with Crippen LogP contribution in [0.15, 0.2) is 54.9 Å². The maximum absolute atomic E-state index is 11.1. The van der Waals surface area contributed by atoms with Crippen LogP contribution in [0.3, 0.4) is 0 Å². The molecule has 1 amide bonds. The van der Waals surface area contributed by atoms with Gasteiger partial charge in [0, 0.05) is 12.1 Å². The second kappa shape index (κ2) is 5.17. The van der Waals surface area contributed by atoms with E-state index in [4.69, 9.17) is 5.73 Å². The van der Waals surface area contributed by atoms with Gasteiger partial charge in [-0.1, -0.05) is 30.3 Å². The van der Waals surface area contributed by atoms with Gasteiger partial charge in [-0.25, -0.2) is 4.98 Å². The van der Waals surface area contributed by atoms with Crippen LogP contribution >= 0.6 is 0 Å². The van der Waals surface area contributed by atoms with Crippen molar-refractivity contribution in [2.75, 3.05) is 0 Å². The smallest absolute Gasteiger partial charge is 0.248 e. The van der Waals surface area contributed by atoms with Crippen LogP contribution in [0.4, 0.5) is 0 Å². The summed E-state index contributed by atoms with van der Waals surface area (Å²) in [6, 6.07) is 15.7. The summed E-state index contributed by atoms with van der Waals surface area (Å²) in [6.07, 6.45) is 2.75. The van der Waals surface area contributed by atoms with Crippen molar-refractivity contribution < 1.29 is 4.79 Å². The molecule has 0 aliphatic heterocycles. The molecule has 2 N–H and O–H groups in total. The lowest BCUT2D eigenvalue weighted by atomic mass is 10.1. The van der Waals surface area contributed by atoms with E-state index in [0.717, 1.165) is 24.0 Å². The monoisotopic (exact) mass is 265 g/mol. The molecule has 0 unspecified atom stereocenters. The normalized spacial score (nSPS) is 10.8. The maximum atomic E-state index is 11.1. The van der Waals surface area contributed by atoms with Crippen molar-refractivity contribution in [1.29, 1.82) is 0 Å². The third kappa shape index (κ3) is 2.40. The van der Waals surface area contributed by atoms with Crippen LogP contribution in [0.5, 0.6) is 0 Å². The minimum absolute atomic E-state index is 0.425. The largest absolute Gasteiger partial charge is 0.366 e. The second-order valence-electron chi connectivity index (χ2n) is 4.74. The van der Waals surface area contributed by atoms with Gasteiger partial charge in [0.2, 0.25) is 5.91 Å². The summed E-state index contributed by atoms with van der Waals surface area (Å²) in [4.78, 5) is 15.5. The summed E-state index contributed by atoms with van der Waals surface area (Å²) in [5.41, 5.74) is 8.88. The Morgan fingerprint density at radius 1 is 1.15 bits per heavy atom. The summed E-state index contributed by atoms with van der Waals surface area (Å²) < 4.78 is 2.09. The van der Waals surface area contributed by atoms with E-state index in [9.17, 15) is 4.79 Å². The predicted octanol–water partition coefficient (Wildman–Crippen LogP) is 2.38.